The molecule has 3 rings (SSSR count). The normalized spacial score (nSPS) is 10.3. The number of hydrogen-bond donors (Lipinski definition) is 2. The molecule has 0 fully saturated rings. The Balaban J connectivity index is 1.59. The smallest absolute Gasteiger partial charge is 0.270 e. The van der Waals surface area contributed by atoms with Crippen molar-refractivity contribution in [1.29, 1.82) is 0 Å². The number of nitrogens with one attached hydrogen (secondary N) is 2. The number of nitrogens with zero attached hydrogens (tertiary/aromatic N) is 2. The highest BCUT2D eigenvalue weighted by atomic mass is 16.5. The summed E-state index contributed by atoms with van der Waals surface area (Å²) in [5.74, 6) is 1.60. The van der Waals surface area contributed by atoms with Gasteiger partial charge in [0.2, 0.25) is 5.95 Å². The van der Waals surface area contributed by atoms with Crippen molar-refractivity contribution in [1.82, 2.24) is 15.3 Å². The van der Waals surface area contributed by atoms with Crippen molar-refractivity contribution in [2.75, 3.05) is 25.6 Å². The van der Waals surface area contributed by atoms with Gasteiger partial charge in [-0.05, 0) is 49.2 Å². The van der Waals surface area contributed by atoms with E-state index in [1.54, 1.807) is 19.4 Å². The van der Waals surface area contributed by atoms with E-state index < -0.39 is 0 Å². The van der Waals surface area contributed by atoms with Crippen LogP contribution in [-0.2, 0) is 6.42 Å². The van der Waals surface area contributed by atoms with Crippen LogP contribution >= 0.6 is 0 Å². The molecule has 0 atom stereocenters. The monoisotopic (exact) mass is 392 g/mol. The molecular weight excluding hydrogens is 368 g/mol. The molecule has 1 heterocycles. The van der Waals surface area contributed by atoms with E-state index in [1.807, 2.05) is 55.5 Å². The van der Waals surface area contributed by atoms with Crippen LogP contribution in [0.25, 0.3) is 0 Å². The molecule has 29 heavy (non-hydrogen) atoms. The summed E-state index contributed by atoms with van der Waals surface area (Å²) in [5, 5.41) is 5.99. The largest absolute Gasteiger partial charge is 0.497 e. The highest BCUT2D eigenvalue weighted by molar-refractivity contribution is 5.92. The average Bonchev–Trinajstić information content (AvgIpc) is 2.76. The van der Waals surface area contributed by atoms with E-state index in [0.29, 0.717) is 37.0 Å². The number of aromatic nitrogens is 2. The van der Waals surface area contributed by atoms with E-state index in [4.69, 9.17) is 9.47 Å². The van der Waals surface area contributed by atoms with Gasteiger partial charge in [-0.15, -0.1) is 0 Å². The molecule has 0 unspecified atom stereocenters. The van der Waals surface area contributed by atoms with E-state index in [1.165, 1.54) is 0 Å². The van der Waals surface area contributed by atoms with Crippen LogP contribution in [0.3, 0.4) is 0 Å². The second-order valence-corrected chi connectivity index (χ2v) is 6.17. The van der Waals surface area contributed by atoms with Crippen LogP contribution in [-0.4, -0.2) is 36.1 Å². The zero-order valence-electron chi connectivity index (χ0n) is 16.5. The van der Waals surface area contributed by atoms with Gasteiger partial charge in [0, 0.05) is 12.7 Å². The number of para-hydroxylation sites is 2. The van der Waals surface area contributed by atoms with Gasteiger partial charge in [-0.3, -0.25) is 4.79 Å². The van der Waals surface area contributed by atoms with Crippen LogP contribution in [0.15, 0.2) is 60.8 Å². The average molecular weight is 392 g/mol. The lowest BCUT2D eigenvalue weighted by atomic mass is 10.1. The zero-order chi connectivity index (χ0) is 20.5. The van der Waals surface area contributed by atoms with E-state index in [0.717, 1.165) is 17.0 Å². The summed E-state index contributed by atoms with van der Waals surface area (Å²) in [6.45, 7) is 2.98. The summed E-state index contributed by atoms with van der Waals surface area (Å²) in [6, 6.07) is 16.9. The number of ether oxygens (including phenoxy) is 2. The number of methoxy groups -OCH3 is 1. The van der Waals surface area contributed by atoms with E-state index in [-0.39, 0.29) is 5.91 Å². The summed E-state index contributed by atoms with van der Waals surface area (Å²) in [6.07, 6.45) is 2.27. The Bertz CT molecular complexity index is 945. The van der Waals surface area contributed by atoms with Crippen molar-refractivity contribution in [2.24, 2.45) is 0 Å². The Hall–Kier alpha value is -3.61. The Kier molecular flexibility index (Phi) is 7.00. The van der Waals surface area contributed by atoms with Crippen molar-refractivity contribution in [2.45, 2.75) is 13.3 Å². The number of rotatable bonds is 9. The Morgan fingerprint density at radius 3 is 2.62 bits per heavy atom. The Morgan fingerprint density at radius 1 is 1.07 bits per heavy atom. The highest BCUT2D eigenvalue weighted by Gasteiger charge is 2.10. The number of benzene rings is 2. The zero-order valence-corrected chi connectivity index (χ0v) is 16.5. The fourth-order valence-electron chi connectivity index (χ4n) is 2.72. The maximum absolute atomic E-state index is 12.4. The van der Waals surface area contributed by atoms with Crippen molar-refractivity contribution < 1.29 is 14.3 Å². The molecule has 0 saturated carbocycles. The first kappa shape index (κ1) is 20.1. The van der Waals surface area contributed by atoms with E-state index in [9.17, 15) is 4.79 Å². The molecule has 1 aromatic heterocycles. The van der Waals surface area contributed by atoms with Gasteiger partial charge in [-0.1, -0.05) is 24.3 Å². The first-order chi connectivity index (χ1) is 14.2. The van der Waals surface area contributed by atoms with Crippen LogP contribution in [0.4, 0.5) is 11.6 Å². The van der Waals surface area contributed by atoms with Gasteiger partial charge in [0.15, 0.2) is 0 Å². The maximum Gasteiger partial charge on any atom is 0.270 e. The summed E-state index contributed by atoms with van der Waals surface area (Å²) >= 11 is 0. The van der Waals surface area contributed by atoms with Crippen molar-refractivity contribution in [3.8, 4) is 11.5 Å². The number of amides is 1. The van der Waals surface area contributed by atoms with E-state index >= 15 is 0 Å². The minimum atomic E-state index is -0.248. The molecular formula is C22H24N4O3. The van der Waals surface area contributed by atoms with Gasteiger partial charge in [-0.2, -0.15) is 0 Å². The molecule has 1 amide bonds. The summed E-state index contributed by atoms with van der Waals surface area (Å²) in [4.78, 5) is 20.9. The minimum absolute atomic E-state index is 0.248. The van der Waals surface area contributed by atoms with Gasteiger partial charge < -0.3 is 20.1 Å². The van der Waals surface area contributed by atoms with Gasteiger partial charge in [-0.25, -0.2) is 9.97 Å². The first-order valence-corrected chi connectivity index (χ1v) is 9.42. The molecule has 150 valence electrons. The maximum atomic E-state index is 12.4. The van der Waals surface area contributed by atoms with Gasteiger partial charge in [0.05, 0.1) is 19.4 Å². The molecule has 3 aromatic rings. The van der Waals surface area contributed by atoms with Gasteiger partial charge >= 0.3 is 0 Å². The van der Waals surface area contributed by atoms with Crippen molar-refractivity contribution >= 4 is 17.5 Å². The lowest BCUT2D eigenvalue weighted by Gasteiger charge is -2.11. The highest BCUT2D eigenvalue weighted by Crippen LogP contribution is 2.25. The third kappa shape index (κ3) is 5.68. The molecule has 0 spiro atoms. The predicted octanol–water partition coefficient (Wildman–Crippen LogP) is 3.60. The molecule has 2 N–H and O–H groups in total. The SMILES string of the molecule is CCOc1ccccc1Nc1nccc(C(=O)NCCc2ccc(OC)cc2)n1. The van der Waals surface area contributed by atoms with Crippen LogP contribution in [0.1, 0.15) is 23.0 Å². The minimum Gasteiger partial charge on any atom is -0.497 e. The molecule has 7 nitrogen and oxygen atoms in total. The lowest BCUT2D eigenvalue weighted by Crippen LogP contribution is -2.26. The van der Waals surface area contributed by atoms with Crippen LogP contribution in [0.2, 0.25) is 0 Å². The molecule has 0 aliphatic rings. The lowest BCUT2D eigenvalue weighted by molar-refractivity contribution is 0.0949. The molecule has 0 aliphatic heterocycles. The topological polar surface area (TPSA) is 85.4 Å². The van der Waals surface area contributed by atoms with Gasteiger partial charge in [0.25, 0.3) is 5.91 Å². The third-order valence-electron chi connectivity index (χ3n) is 4.18. The van der Waals surface area contributed by atoms with Crippen LogP contribution < -0.4 is 20.1 Å². The summed E-state index contributed by atoms with van der Waals surface area (Å²) < 4.78 is 10.7. The Morgan fingerprint density at radius 2 is 1.86 bits per heavy atom. The predicted molar refractivity (Wildman–Crippen MR) is 112 cm³/mol. The standard InChI is InChI=1S/C22H24N4O3/c1-3-29-20-7-5-4-6-18(20)25-22-24-15-13-19(26-22)21(27)23-14-12-16-8-10-17(28-2)11-9-16/h4-11,13,15H,3,12,14H2,1-2H3,(H,23,27)(H,24,25,26). The van der Waals surface area contributed by atoms with Crippen molar-refractivity contribution in [3.63, 3.8) is 0 Å². The number of anilines is 2. The van der Waals surface area contributed by atoms with Crippen LogP contribution in [0, 0.1) is 0 Å². The number of hydrogen-bond acceptors (Lipinski definition) is 6. The Labute approximate surface area is 170 Å². The fraction of sp³-hybridized carbons (Fsp3) is 0.227. The van der Waals surface area contributed by atoms with Gasteiger partial charge in [0.1, 0.15) is 17.2 Å². The van der Waals surface area contributed by atoms with Crippen LogP contribution in [0.5, 0.6) is 11.5 Å². The summed E-state index contributed by atoms with van der Waals surface area (Å²) in [5.41, 5.74) is 2.15. The molecule has 0 saturated heterocycles. The quantitative estimate of drug-likeness (QED) is 0.579. The second-order valence-electron chi connectivity index (χ2n) is 6.17. The molecule has 0 radical (unpaired) electrons. The first-order valence-electron chi connectivity index (χ1n) is 9.42. The molecule has 7 heteroatoms. The third-order valence-corrected chi connectivity index (χ3v) is 4.18. The summed E-state index contributed by atoms with van der Waals surface area (Å²) in [7, 11) is 1.63. The molecule has 2 aromatic carbocycles. The van der Waals surface area contributed by atoms with E-state index in [2.05, 4.69) is 20.6 Å². The number of carbonyl (C=O) groups excluding carboxylic acids is 1. The molecule has 0 aliphatic carbocycles. The number of carbonyl (C=O) groups is 1. The molecule has 0 bridgehead atoms. The van der Waals surface area contributed by atoms with Crippen molar-refractivity contribution in [3.05, 3.63) is 72.1 Å². The fourth-order valence-corrected chi connectivity index (χ4v) is 2.72. The second kappa shape index (κ2) is 10.1.